The lowest BCUT2D eigenvalue weighted by Crippen LogP contribution is -2.18. The molecular formula is C14H14ClNO2. The molecule has 0 N–H and O–H groups in total. The quantitative estimate of drug-likeness (QED) is 0.789. The maximum Gasteiger partial charge on any atom is 0.152 e. The van der Waals surface area contributed by atoms with Gasteiger partial charge in [0.05, 0.1) is 6.26 Å². The maximum atomic E-state index is 11.0. The fourth-order valence-corrected chi connectivity index (χ4v) is 2.03. The van der Waals surface area contributed by atoms with Gasteiger partial charge in [-0.3, -0.25) is 4.79 Å². The van der Waals surface area contributed by atoms with Crippen LogP contribution in [0.15, 0.2) is 34.9 Å². The fourth-order valence-electron chi connectivity index (χ4n) is 1.86. The Morgan fingerprint density at radius 2 is 2.17 bits per heavy atom. The molecule has 0 aliphatic heterocycles. The van der Waals surface area contributed by atoms with Crippen molar-refractivity contribution in [1.29, 1.82) is 0 Å². The van der Waals surface area contributed by atoms with E-state index < -0.39 is 0 Å². The highest BCUT2D eigenvalue weighted by Crippen LogP contribution is 2.25. The molecule has 0 atom stereocenters. The molecule has 0 saturated heterocycles. The van der Waals surface area contributed by atoms with Crippen molar-refractivity contribution >= 4 is 23.6 Å². The number of furan rings is 1. The van der Waals surface area contributed by atoms with E-state index in [4.69, 9.17) is 16.0 Å². The minimum Gasteiger partial charge on any atom is -0.469 e. The number of aldehydes is 1. The summed E-state index contributed by atoms with van der Waals surface area (Å²) in [5.74, 6) is 0.886. The van der Waals surface area contributed by atoms with Crippen LogP contribution >= 0.6 is 11.6 Å². The van der Waals surface area contributed by atoms with Crippen LogP contribution in [0.5, 0.6) is 0 Å². The van der Waals surface area contributed by atoms with E-state index in [1.807, 2.05) is 24.9 Å². The van der Waals surface area contributed by atoms with E-state index in [0.717, 1.165) is 23.3 Å². The second-order valence-corrected chi connectivity index (χ2v) is 4.62. The molecule has 1 heterocycles. The van der Waals surface area contributed by atoms with Gasteiger partial charge in [-0.15, -0.1) is 0 Å². The van der Waals surface area contributed by atoms with Crippen LogP contribution < -0.4 is 4.90 Å². The monoisotopic (exact) mass is 263 g/mol. The number of hydrogen-bond donors (Lipinski definition) is 0. The lowest BCUT2D eigenvalue weighted by atomic mass is 10.1. The predicted octanol–water partition coefficient (Wildman–Crippen LogP) is 3.69. The number of aryl methyl sites for hydroxylation is 1. The first-order chi connectivity index (χ1) is 8.61. The van der Waals surface area contributed by atoms with Gasteiger partial charge in [0.2, 0.25) is 0 Å². The third kappa shape index (κ3) is 2.57. The molecule has 0 unspecified atom stereocenters. The molecule has 1 aromatic carbocycles. The smallest absolute Gasteiger partial charge is 0.152 e. The van der Waals surface area contributed by atoms with Crippen LogP contribution in [0.3, 0.4) is 0 Å². The molecule has 0 radical (unpaired) electrons. The van der Waals surface area contributed by atoms with E-state index in [0.29, 0.717) is 17.1 Å². The summed E-state index contributed by atoms with van der Waals surface area (Å²) in [4.78, 5) is 13.0. The second-order valence-electron chi connectivity index (χ2n) is 4.18. The highest BCUT2D eigenvalue weighted by atomic mass is 35.5. The Kier molecular flexibility index (Phi) is 3.72. The maximum absolute atomic E-state index is 11.0. The SMILES string of the molecule is Cc1occc1CN(C)c1cc(Cl)ccc1C=O. The number of anilines is 1. The van der Waals surface area contributed by atoms with Crippen molar-refractivity contribution in [1.82, 2.24) is 0 Å². The van der Waals surface area contributed by atoms with E-state index in [-0.39, 0.29) is 0 Å². The molecule has 18 heavy (non-hydrogen) atoms. The van der Waals surface area contributed by atoms with Crippen LogP contribution in [0.25, 0.3) is 0 Å². The summed E-state index contributed by atoms with van der Waals surface area (Å²) in [5, 5.41) is 0.617. The van der Waals surface area contributed by atoms with Gasteiger partial charge in [0, 0.05) is 35.4 Å². The first-order valence-electron chi connectivity index (χ1n) is 5.60. The van der Waals surface area contributed by atoms with Crippen molar-refractivity contribution in [3.8, 4) is 0 Å². The molecule has 3 nitrogen and oxygen atoms in total. The second kappa shape index (κ2) is 5.27. The third-order valence-corrected chi connectivity index (χ3v) is 3.14. The molecule has 4 heteroatoms. The van der Waals surface area contributed by atoms with Crippen LogP contribution in [0.4, 0.5) is 5.69 Å². The van der Waals surface area contributed by atoms with Crippen LogP contribution in [-0.2, 0) is 6.54 Å². The van der Waals surface area contributed by atoms with Gasteiger partial charge in [-0.05, 0) is 31.2 Å². The Balaban J connectivity index is 2.28. The first kappa shape index (κ1) is 12.7. The zero-order chi connectivity index (χ0) is 13.1. The number of carbonyl (C=O) groups is 1. The third-order valence-electron chi connectivity index (χ3n) is 2.90. The molecule has 2 aromatic rings. The Morgan fingerprint density at radius 1 is 1.39 bits per heavy atom. The first-order valence-corrected chi connectivity index (χ1v) is 5.98. The summed E-state index contributed by atoms with van der Waals surface area (Å²) in [6.45, 7) is 2.59. The summed E-state index contributed by atoms with van der Waals surface area (Å²) in [6, 6.07) is 7.16. The lowest BCUT2D eigenvalue weighted by Gasteiger charge is -2.20. The molecule has 2 rings (SSSR count). The van der Waals surface area contributed by atoms with Crippen LogP contribution in [-0.4, -0.2) is 13.3 Å². The zero-order valence-electron chi connectivity index (χ0n) is 10.3. The molecular weight excluding hydrogens is 250 g/mol. The number of rotatable bonds is 4. The van der Waals surface area contributed by atoms with Crippen molar-refractivity contribution in [2.24, 2.45) is 0 Å². The van der Waals surface area contributed by atoms with Gasteiger partial charge in [0.25, 0.3) is 0 Å². The van der Waals surface area contributed by atoms with Gasteiger partial charge in [0.1, 0.15) is 5.76 Å². The molecule has 0 amide bonds. The summed E-state index contributed by atoms with van der Waals surface area (Å²) in [7, 11) is 1.92. The molecule has 0 spiro atoms. The summed E-state index contributed by atoms with van der Waals surface area (Å²) < 4.78 is 5.26. The van der Waals surface area contributed by atoms with Gasteiger partial charge >= 0.3 is 0 Å². The van der Waals surface area contributed by atoms with Crippen molar-refractivity contribution in [3.05, 3.63) is 52.4 Å². The van der Waals surface area contributed by atoms with Gasteiger partial charge in [-0.2, -0.15) is 0 Å². The predicted molar refractivity (Wildman–Crippen MR) is 72.4 cm³/mol. The van der Waals surface area contributed by atoms with E-state index in [1.54, 1.807) is 24.5 Å². The Labute approximate surface area is 111 Å². The van der Waals surface area contributed by atoms with E-state index in [9.17, 15) is 4.79 Å². The van der Waals surface area contributed by atoms with E-state index in [1.165, 1.54) is 0 Å². The summed E-state index contributed by atoms with van der Waals surface area (Å²) in [5.41, 5.74) is 2.54. The molecule has 94 valence electrons. The van der Waals surface area contributed by atoms with Gasteiger partial charge in [0.15, 0.2) is 6.29 Å². The number of benzene rings is 1. The summed E-state index contributed by atoms with van der Waals surface area (Å²) >= 11 is 5.97. The normalized spacial score (nSPS) is 10.4. The van der Waals surface area contributed by atoms with Gasteiger partial charge in [-0.1, -0.05) is 11.6 Å². The largest absolute Gasteiger partial charge is 0.469 e. The number of hydrogen-bond acceptors (Lipinski definition) is 3. The fraction of sp³-hybridized carbons (Fsp3) is 0.214. The molecule has 0 aliphatic carbocycles. The number of nitrogens with zero attached hydrogens (tertiary/aromatic N) is 1. The molecule has 0 fully saturated rings. The van der Waals surface area contributed by atoms with Crippen LogP contribution in [0.1, 0.15) is 21.7 Å². The minimum atomic E-state index is 0.617. The van der Waals surface area contributed by atoms with Crippen molar-refractivity contribution in [2.45, 2.75) is 13.5 Å². The summed E-state index contributed by atoms with van der Waals surface area (Å²) in [6.07, 6.45) is 2.50. The Morgan fingerprint density at radius 3 is 2.78 bits per heavy atom. The van der Waals surface area contributed by atoms with Crippen LogP contribution in [0.2, 0.25) is 5.02 Å². The number of halogens is 1. The number of carbonyl (C=O) groups excluding carboxylic acids is 1. The average molecular weight is 264 g/mol. The molecule has 0 saturated carbocycles. The highest BCUT2D eigenvalue weighted by molar-refractivity contribution is 6.31. The highest BCUT2D eigenvalue weighted by Gasteiger charge is 2.10. The zero-order valence-corrected chi connectivity index (χ0v) is 11.1. The average Bonchev–Trinajstić information content (AvgIpc) is 2.75. The van der Waals surface area contributed by atoms with Crippen molar-refractivity contribution in [3.63, 3.8) is 0 Å². The van der Waals surface area contributed by atoms with Gasteiger partial charge < -0.3 is 9.32 Å². The topological polar surface area (TPSA) is 33.5 Å². The molecule has 0 aliphatic rings. The van der Waals surface area contributed by atoms with Gasteiger partial charge in [-0.25, -0.2) is 0 Å². The van der Waals surface area contributed by atoms with Crippen molar-refractivity contribution < 1.29 is 9.21 Å². The van der Waals surface area contributed by atoms with Crippen molar-refractivity contribution in [2.75, 3.05) is 11.9 Å². The molecule has 0 bridgehead atoms. The van der Waals surface area contributed by atoms with Crippen LogP contribution in [0, 0.1) is 6.92 Å². The minimum absolute atomic E-state index is 0.617. The van der Waals surface area contributed by atoms with E-state index >= 15 is 0 Å². The Bertz CT molecular complexity index is 563. The standard InChI is InChI=1S/C14H14ClNO2/c1-10-11(5-6-18-10)8-16(2)14-7-13(15)4-3-12(14)9-17/h3-7,9H,8H2,1-2H3. The lowest BCUT2D eigenvalue weighted by molar-refractivity contribution is 0.112. The molecule has 1 aromatic heterocycles. The Hall–Kier alpha value is -1.74. The van der Waals surface area contributed by atoms with E-state index in [2.05, 4.69) is 0 Å².